The molecule has 1 fully saturated rings. The SMILES string of the molecule is CN(C)S(=O)(=O)c1ccc(NCCC2CCNC2)cc1. The third-order valence-corrected chi connectivity index (χ3v) is 5.51. The Hall–Kier alpha value is -1.11. The van der Waals surface area contributed by atoms with Crippen molar-refractivity contribution in [2.24, 2.45) is 5.92 Å². The van der Waals surface area contributed by atoms with Crippen molar-refractivity contribution in [2.45, 2.75) is 17.7 Å². The molecule has 1 aromatic rings. The van der Waals surface area contributed by atoms with Gasteiger partial charge in [0.15, 0.2) is 0 Å². The average Bonchev–Trinajstić information content (AvgIpc) is 2.92. The van der Waals surface area contributed by atoms with Crippen LogP contribution in [0.4, 0.5) is 5.69 Å². The van der Waals surface area contributed by atoms with E-state index in [1.165, 1.54) is 24.8 Å². The summed E-state index contributed by atoms with van der Waals surface area (Å²) in [6.45, 7) is 3.16. The summed E-state index contributed by atoms with van der Waals surface area (Å²) in [4.78, 5) is 0.327. The largest absolute Gasteiger partial charge is 0.385 e. The minimum absolute atomic E-state index is 0.327. The van der Waals surface area contributed by atoms with Gasteiger partial charge < -0.3 is 10.6 Å². The average molecular weight is 297 g/mol. The zero-order chi connectivity index (χ0) is 14.6. The highest BCUT2D eigenvalue weighted by atomic mass is 32.2. The first-order chi connectivity index (χ1) is 9.50. The molecule has 2 rings (SSSR count). The highest BCUT2D eigenvalue weighted by molar-refractivity contribution is 7.89. The fourth-order valence-corrected chi connectivity index (χ4v) is 3.24. The van der Waals surface area contributed by atoms with E-state index in [1.807, 2.05) is 12.1 Å². The predicted molar refractivity (Wildman–Crippen MR) is 81.4 cm³/mol. The zero-order valence-corrected chi connectivity index (χ0v) is 12.9. The first-order valence-electron chi connectivity index (χ1n) is 6.97. The van der Waals surface area contributed by atoms with Gasteiger partial charge in [-0.25, -0.2) is 12.7 Å². The monoisotopic (exact) mass is 297 g/mol. The Labute approximate surface area is 121 Å². The topological polar surface area (TPSA) is 61.4 Å². The summed E-state index contributed by atoms with van der Waals surface area (Å²) < 4.78 is 25.1. The van der Waals surface area contributed by atoms with Crippen LogP contribution in [0.5, 0.6) is 0 Å². The predicted octanol–water partition coefficient (Wildman–Crippen LogP) is 1.35. The van der Waals surface area contributed by atoms with Crippen molar-refractivity contribution in [1.29, 1.82) is 0 Å². The second-order valence-electron chi connectivity index (χ2n) is 5.39. The standard InChI is InChI=1S/C14H23N3O2S/c1-17(2)20(18,19)14-5-3-13(4-6-14)16-10-8-12-7-9-15-11-12/h3-6,12,15-16H,7-11H2,1-2H3. The molecule has 1 heterocycles. The van der Waals surface area contributed by atoms with Gasteiger partial charge in [-0.3, -0.25) is 0 Å². The molecule has 1 aliphatic rings. The van der Waals surface area contributed by atoms with Crippen LogP contribution in [-0.2, 0) is 10.0 Å². The Bertz CT molecular complexity index is 520. The van der Waals surface area contributed by atoms with Crippen LogP contribution < -0.4 is 10.6 Å². The van der Waals surface area contributed by atoms with Crippen LogP contribution in [0.2, 0.25) is 0 Å². The van der Waals surface area contributed by atoms with E-state index in [1.54, 1.807) is 12.1 Å². The van der Waals surface area contributed by atoms with E-state index in [0.29, 0.717) is 4.90 Å². The van der Waals surface area contributed by atoms with E-state index < -0.39 is 10.0 Å². The summed E-state index contributed by atoms with van der Waals surface area (Å²) in [6.07, 6.45) is 2.40. The summed E-state index contributed by atoms with van der Waals surface area (Å²) in [6, 6.07) is 6.94. The number of nitrogens with zero attached hydrogens (tertiary/aromatic N) is 1. The molecule has 1 unspecified atom stereocenters. The van der Waals surface area contributed by atoms with Crippen molar-refractivity contribution in [2.75, 3.05) is 39.0 Å². The number of hydrogen-bond acceptors (Lipinski definition) is 4. The van der Waals surface area contributed by atoms with Gasteiger partial charge in [0.1, 0.15) is 0 Å². The van der Waals surface area contributed by atoms with Gasteiger partial charge in [0.05, 0.1) is 4.90 Å². The highest BCUT2D eigenvalue weighted by Gasteiger charge is 2.16. The van der Waals surface area contributed by atoms with E-state index in [-0.39, 0.29) is 0 Å². The maximum Gasteiger partial charge on any atom is 0.242 e. The highest BCUT2D eigenvalue weighted by Crippen LogP contribution is 2.17. The lowest BCUT2D eigenvalue weighted by Gasteiger charge is -2.13. The molecule has 1 atom stereocenters. The molecule has 0 aliphatic carbocycles. The number of hydrogen-bond donors (Lipinski definition) is 2. The zero-order valence-electron chi connectivity index (χ0n) is 12.1. The Morgan fingerprint density at radius 3 is 2.55 bits per heavy atom. The fourth-order valence-electron chi connectivity index (χ4n) is 2.34. The summed E-state index contributed by atoms with van der Waals surface area (Å²) >= 11 is 0. The lowest BCUT2D eigenvalue weighted by molar-refractivity contribution is 0.521. The lowest BCUT2D eigenvalue weighted by atomic mass is 10.1. The van der Waals surface area contributed by atoms with Gasteiger partial charge in [0.25, 0.3) is 0 Å². The first-order valence-corrected chi connectivity index (χ1v) is 8.41. The molecule has 1 saturated heterocycles. The molecule has 112 valence electrons. The van der Waals surface area contributed by atoms with Crippen molar-refractivity contribution < 1.29 is 8.42 Å². The number of nitrogens with one attached hydrogen (secondary N) is 2. The molecule has 2 N–H and O–H groups in total. The van der Waals surface area contributed by atoms with Crippen LogP contribution in [0.25, 0.3) is 0 Å². The Kier molecular flexibility index (Phi) is 5.01. The summed E-state index contributed by atoms with van der Waals surface area (Å²) in [5.41, 5.74) is 0.966. The molecule has 0 amide bonds. The fraction of sp³-hybridized carbons (Fsp3) is 0.571. The van der Waals surface area contributed by atoms with Crippen molar-refractivity contribution >= 4 is 15.7 Å². The Balaban J connectivity index is 1.88. The lowest BCUT2D eigenvalue weighted by Crippen LogP contribution is -2.22. The minimum atomic E-state index is -3.33. The maximum atomic E-state index is 11.9. The molecule has 1 aliphatic heterocycles. The second kappa shape index (κ2) is 6.56. The van der Waals surface area contributed by atoms with Crippen molar-refractivity contribution in [1.82, 2.24) is 9.62 Å². The van der Waals surface area contributed by atoms with Crippen molar-refractivity contribution in [3.63, 3.8) is 0 Å². The van der Waals surface area contributed by atoms with E-state index in [9.17, 15) is 8.42 Å². The molecule has 0 saturated carbocycles. The van der Waals surface area contributed by atoms with Gasteiger partial charge in [-0.05, 0) is 56.1 Å². The van der Waals surface area contributed by atoms with Crippen molar-refractivity contribution in [3.05, 3.63) is 24.3 Å². The van der Waals surface area contributed by atoms with Crippen LogP contribution >= 0.6 is 0 Å². The van der Waals surface area contributed by atoms with E-state index >= 15 is 0 Å². The van der Waals surface area contributed by atoms with E-state index in [4.69, 9.17) is 0 Å². The Morgan fingerprint density at radius 2 is 2.00 bits per heavy atom. The Morgan fingerprint density at radius 1 is 1.30 bits per heavy atom. The smallest absolute Gasteiger partial charge is 0.242 e. The molecule has 0 radical (unpaired) electrons. The summed E-state index contributed by atoms with van der Waals surface area (Å²) in [5, 5.41) is 6.70. The van der Waals surface area contributed by atoms with E-state index in [2.05, 4.69) is 10.6 Å². The van der Waals surface area contributed by atoms with Gasteiger partial charge >= 0.3 is 0 Å². The van der Waals surface area contributed by atoms with Crippen LogP contribution in [0, 0.1) is 5.92 Å². The van der Waals surface area contributed by atoms with Gasteiger partial charge in [0.2, 0.25) is 10.0 Å². The molecule has 1 aromatic carbocycles. The first kappa shape index (κ1) is 15.3. The van der Waals surface area contributed by atoms with Gasteiger partial charge in [0, 0.05) is 26.3 Å². The van der Waals surface area contributed by atoms with E-state index in [0.717, 1.165) is 37.7 Å². The van der Waals surface area contributed by atoms with Gasteiger partial charge in [-0.2, -0.15) is 0 Å². The third kappa shape index (κ3) is 3.71. The molecule has 6 heteroatoms. The van der Waals surface area contributed by atoms with Crippen LogP contribution in [0.15, 0.2) is 29.2 Å². The van der Waals surface area contributed by atoms with Crippen LogP contribution in [-0.4, -0.2) is 46.5 Å². The van der Waals surface area contributed by atoms with Gasteiger partial charge in [-0.15, -0.1) is 0 Å². The molecule has 0 spiro atoms. The molecule has 0 bridgehead atoms. The molecular formula is C14H23N3O2S. The van der Waals surface area contributed by atoms with Crippen LogP contribution in [0.3, 0.4) is 0 Å². The van der Waals surface area contributed by atoms with Gasteiger partial charge in [-0.1, -0.05) is 0 Å². The maximum absolute atomic E-state index is 11.9. The number of benzene rings is 1. The molecule has 0 aromatic heterocycles. The number of anilines is 1. The number of sulfonamides is 1. The molecule has 20 heavy (non-hydrogen) atoms. The summed E-state index contributed by atoms with van der Waals surface area (Å²) in [5.74, 6) is 0.760. The summed E-state index contributed by atoms with van der Waals surface area (Å²) in [7, 11) is -0.252. The quantitative estimate of drug-likeness (QED) is 0.832. The second-order valence-corrected chi connectivity index (χ2v) is 7.54. The normalized spacial score (nSPS) is 19.4. The number of rotatable bonds is 6. The molecule has 5 nitrogen and oxygen atoms in total. The van der Waals surface area contributed by atoms with Crippen LogP contribution in [0.1, 0.15) is 12.8 Å². The molecular weight excluding hydrogens is 274 g/mol. The third-order valence-electron chi connectivity index (χ3n) is 3.68. The minimum Gasteiger partial charge on any atom is -0.385 e. The van der Waals surface area contributed by atoms with Crippen molar-refractivity contribution in [3.8, 4) is 0 Å².